The first-order chi connectivity index (χ1) is 7.24. The molecule has 0 radical (unpaired) electrons. The number of carboxylic acids is 1. The van der Waals surface area contributed by atoms with E-state index in [-0.39, 0.29) is 19.5 Å². The van der Waals surface area contributed by atoms with Crippen LogP contribution in [0.15, 0.2) is 0 Å². The van der Waals surface area contributed by atoms with Gasteiger partial charge in [-0.25, -0.2) is 8.42 Å². The molecule has 0 aromatic carbocycles. The van der Waals surface area contributed by atoms with Gasteiger partial charge in [0.2, 0.25) is 10.0 Å². The molecular formula is C9H14N2O4S. The van der Waals surface area contributed by atoms with E-state index in [1.54, 1.807) is 6.07 Å². The normalized spacial score (nSPS) is 28.6. The van der Waals surface area contributed by atoms with E-state index in [9.17, 15) is 13.2 Å². The monoisotopic (exact) mass is 246 g/mol. The van der Waals surface area contributed by atoms with Crippen LogP contribution in [-0.2, 0) is 14.8 Å². The highest BCUT2D eigenvalue weighted by Gasteiger charge is 2.45. The van der Waals surface area contributed by atoms with Crippen LogP contribution < -0.4 is 0 Å². The van der Waals surface area contributed by atoms with E-state index >= 15 is 0 Å². The first kappa shape index (κ1) is 12.9. The van der Waals surface area contributed by atoms with Gasteiger partial charge in [0.05, 0.1) is 11.5 Å². The topological polar surface area (TPSA) is 98.5 Å². The van der Waals surface area contributed by atoms with E-state index in [1.807, 2.05) is 0 Å². The molecule has 0 aliphatic carbocycles. The molecule has 0 spiro atoms. The lowest BCUT2D eigenvalue weighted by atomic mass is 9.90. The minimum atomic E-state index is -3.68. The van der Waals surface area contributed by atoms with Crippen molar-refractivity contribution in [1.29, 1.82) is 5.26 Å². The summed E-state index contributed by atoms with van der Waals surface area (Å²) in [7, 11) is -3.68. The van der Waals surface area contributed by atoms with E-state index in [0.717, 1.165) is 4.31 Å². The quantitative estimate of drug-likeness (QED) is 0.757. The number of carbonyl (C=O) groups is 1. The minimum absolute atomic E-state index is 0.0588. The average molecular weight is 246 g/mol. The van der Waals surface area contributed by atoms with Gasteiger partial charge < -0.3 is 5.11 Å². The van der Waals surface area contributed by atoms with Gasteiger partial charge in [-0.05, 0) is 20.3 Å². The highest BCUT2D eigenvalue weighted by atomic mass is 32.2. The van der Waals surface area contributed by atoms with Crippen LogP contribution in [-0.4, -0.2) is 42.1 Å². The number of nitriles is 1. The molecule has 7 heteroatoms. The molecule has 6 nitrogen and oxygen atoms in total. The second-order valence-electron chi connectivity index (χ2n) is 4.27. The van der Waals surface area contributed by atoms with Gasteiger partial charge in [0.25, 0.3) is 0 Å². The van der Waals surface area contributed by atoms with Gasteiger partial charge in [-0.1, -0.05) is 0 Å². The lowest BCUT2D eigenvalue weighted by molar-refractivity contribution is -0.146. The maximum atomic E-state index is 11.8. The Morgan fingerprint density at radius 2 is 2.19 bits per heavy atom. The molecule has 1 fully saturated rings. The fourth-order valence-corrected chi connectivity index (χ4v) is 2.99. The van der Waals surface area contributed by atoms with Crippen molar-refractivity contribution in [2.45, 2.75) is 25.5 Å². The van der Waals surface area contributed by atoms with Gasteiger partial charge in [0.15, 0.2) is 5.25 Å². The average Bonchev–Trinajstić information content (AvgIpc) is 2.61. The van der Waals surface area contributed by atoms with Crippen LogP contribution in [0.2, 0.25) is 0 Å². The SMILES string of the molecule is CC(C#N)S(=O)(=O)N1CCC(C)(C(=O)O)C1. The summed E-state index contributed by atoms with van der Waals surface area (Å²) < 4.78 is 24.7. The van der Waals surface area contributed by atoms with Gasteiger partial charge in [-0.15, -0.1) is 0 Å². The molecule has 0 aromatic heterocycles. The number of sulfonamides is 1. The lowest BCUT2D eigenvalue weighted by Crippen LogP contribution is -2.38. The summed E-state index contributed by atoms with van der Waals surface area (Å²) in [5, 5.41) is 16.4. The van der Waals surface area contributed by atoms with Gasteiger partial charge in [-0.2, -0.15) is 9.57 Å². The Morgan fingerprint density at radius 3 is 2.56 bits per heavy atom. The number of carboxylic acid groups (broad SMARTS) is 1. The molecule has 1 saturated heterocycles. The highest BCUT2D eigenvalue weighted by Crippen LogP contribution is 2.32. The van der Waals surface area contributed by atoms with Crippen LogP contribution in [0.25, 0.3) is 0 Å². The standard InChI is InChI=1S/C9H14N2O4S/c1-7(5-10)16(14,15)11-4-3-9(2,6-11)8(12)13/h7H,3-4,6H2,1-2H3,(H,12,13). The molecule has 90 valence electrons. The molecule has 0 saturated carbocycles. The molecule has 0 bridgehead atoms. The smallest absolute Gasteiger partial charge is 0.310 e. The third-order valence-corrected chi connectivity index (χ3v) is 4.97. The molecule has 1 N–H and O–H groups in total. The zero-order chi connectivity index (χ0) is 12.6. The Hall–Kier alpha value is -1.13. The number of aliphatic carboxylic acids is 1. The van der Waals surface area contributed by atoms with Crippen LogP contribution in [0.1, 0.15) is 20.3 Å². The van der Waals surface area contributed by atoms with Crippen LogP contribution in [0.4, 0.5) is 0 Å². The van der Waals surface area contributed by atoms with Crippen LogP contribution >= 0.6 is 0 Å². The summed E-state index contributed by atoms with van der Waals surface area (Å²) in [4.78, 5) is 10.9. The van der Waals surface area contributed by atoms with Crippen LogP contribution in [0, 0.1) is 16.7 Å². The molecule has 1 aliphatic rings. The van der Waals surface area contributed by atoms with E-state index in [0.29, 0.717) is 0 Å². The fourth-order valence-electron chi connectivity index (χ4n) is 1.60. The van der Waals surface area contributed by atoms with Crippen molar-refractivity contribution in [3.63, 3.8) is 0 Å². The van der Waals surface area contributed by atoms with Gasteiger partial charge >= 0.3 is 5.97 Å². The van der Waals surface area contributed by atoms with Crippen molar-refractivity contribution >= 4 is 16.0 Å². The predicted molar refractivity (Wildman–Crippen MR) is 55.9 cm³/mol. The molecular weight excluding hydrogens is 232 g/mol. The zero-order valence-corrected chi connectivity index (χ0v) is 9.99. The molecule has 1 heterocycles. The summed E-state index contributed by atoms with van der Waals surface area (Å²) in [6.45, 7) is 2.92. The van der Waals surface area contributed by atoms with Crippen molar-refractivity contribution < 1.29 is 18.3 Å². The van der Waals surface area contributed by atoms with Crippen LogP contribution in [0.3, 0.4) is 0 Å². The van der Waals surface area contributed by atoms with E-state index in [4.69, 9.17) is 10.4 Å². The van der Waals surface area contributed by atoms with Crippen molar-refractivity contribution in [3.8, 4) is 6.07 Å². The minimum Gasteiger partial charge on any atom is -0.481 e. The van der Waals surface area contributed by atoms with E-state index < -0.39 is 26.7 Å². The van der Waals surface area contributed by atoms with Gasteiger partial charge in [0, 0.05) is 13.1 Å². The number of hydrogen-bond acceptors (Lipinski definition) is 4. The molecule has 2 unspecified atom stereocenters. The first-order valence-electron chi connectivity index (χ1n) is 4.86. The summed E-state index contributed by atoms with van der Waals surface area (Å²) in [5.74, 6) is -1.00. The Morgan fingerprint density at radius 1 is 1.62 bits per heavy atom. The summed E-state index contributed by atoms with van der Waals surface area (Å²) in [6.07, 6.45) is 0.277. The zero-order valence-electron chi connectivity index (χ0n) is 9.17. The summed E-state index contributed by atoms with van der Waals surface area (Å²) in [6, 6.07) is 1.66. The number of nitrogens with zero attached hydrogens (tertiary/aromatic N) is 2. The number of hydrogen-bond donors (Lipinski definition) is 1. The lowest BCUT2D eigenvalue weighted by Gasteiger charge is -2.20. The Labute approximate surface area is 94.5 Å². The maximum Gasteiger partial charge on any atom is 0.310 e. The molecule has 1 rings (SSSR count). The first-order valence-corrected chi connectivity index (χ1v) is 6.36. The van der Waals surface area contributed by atoms with Gasteiger partial charge in [0.1, 0.15) is 0 Å². The Bertz CT molecular complexity index is 439. The third-order valence-electron chi connectivity index (χ3n) is 2.94. The summed E-state index contributed by atoms with van der Waals surface area (Å²) >= 11 is 0. The van der Waals surface area contributed by atoms with Gasteiger partial charge in [-0.3, -0.25) is 4.79 Å². The molecule has 16 heavy (non-hydrogen) atoms. The Balaban J connectivity index is 2.90. The molecule has 2 atom stereocenters. The highest BCUT2D eigenvalue weighted by molar-refractivity contribution is 7.90. The summed E-state index contributed by atoms with van der Waals surface area (Å²) in [5.41, 5.74) is -1.04. The Kier molecular flexibility index (Phi) is 3.26. The number of rotatable bonds is 3. The van der Waals surface area contributed by atoms with Crippen molar-refractivity contribution in [3.05, 3.63) is 0 Å². The predicted octanol–water partition coefficient (Wildman–Crippen LogP) is 0.0249. The van der Waals surface area contributed by atoms with Crippen LogP contribution in [0.5, 0.6) is 0 Å². The molecule has 1 aliphatic heterocycles. The second-order valence-corrected chi connectivity index (χ2v) is 6.52. The van der Waals surface area contributed by atoms with Crippen molar-refractivity contribution in [2.75, 3.05) is 13.1 Å². The molecule has 0 aromatic rings. The molecule has 0 amide bonds. The third kappa shape index (κ3) is 2.03. The van der Waals surface area contributed by atoms with E-state index in [2.05, 4.69) is 0 Å². The second kappa shape index (κ2) is 4.03. The maximum absolute atomic E-state index is 11.8. The largest absolute Gasteiger partial charge is 0.481 e. The van der Waals surface area contributed by atoms with E-state index in [1.165, 1.54) is 13.8 Å². The van der Waals surface area contributed by atoms with Crippen molar-refractivity contribution in [1.82, 2.24) is 4.31 Å². The fraction of sp³-hybridized carbons (Fsp3) is 0.778. The van der Waals surface area contributed by atoms with Crippen molar-refractivity contribution in [2.24, 2.45) is 5.41 Å².